The van der Waals surface area contributed by atoms with Gasteiger partial charge in [-0.25, -0.2) is 0 Å². The molecule has 1 aromatic heterocycles. The first-order valence-corrected chi connectivity index (χ1v) is 7.48. The van der Waals surface area contributed by atoms with Crippen LogP contribution in [0.1, 0.15) is 31.4 Å². The van der Waals surface area contributed by atoms with E-state index < -0.39 is 0 Å². The van der Waals surface area contributed by atoms with Crippen LogP contribution in [0.2, 0.25) is 0 Å². The van der Waals surface area contributed by atoms with Gasteiger partial charge in [0, 0.05) is 25.7 Å². The Labute approximate surface area is 125 Å². The van der Waals surface area contributed by atoms with Crippen molar-refractivity contribution in [2.75, 3.05) is 6.54 Å². The monoisotopic (exact) mass is 286 g/mol. The summed E-state index contributed by atoms with van der Waals surface area (Å²) in [6, 6.07) is 6.50. The third kappa shape index (κ3) is 3.61. The number of nitrogens with zero attached hydrogens (tertiary/aromatic N) is 3. The fraction of sp³-hybridized carbons (Fsp3) is 0.500. The highest BCUT2D eigenvalue weighted by Gasteiger charge is 2.29. The van der Waals surface area contributed by atoms with Crippen molar-refractivity contribution in [1.29, 1.82) is 0 Å². The van der Waals surface area contributed by atoms with Gasteiger partial charge in [0.05, 0.1) is 6.20 Å². The van der Waals surface area contributed by atoms with E-state index in [0.717, 1.165) is 38.2 Å². The molecule has 2 heterocycles. The predicted octanol–water partition coefficient (Wildman–Crippen LogP) is 2.17. The Kier molecular flexibility index (Phi) is 3.92. The molecular formula is C16H22N4O. The highest BCUT2D eigenvalue weighted by atomic mass is 16.5. The van der Waals surface area contributed by atoms with Crippen molar-refractivity contribution in [2.45, 2.75) is 45.4 Å². The lowest BCUT2D eigenvalue weighted by atomic mass is 10.0. The normalized spacial score (nSPS) is 15.7. The smallest absolute Gasteiger partial charge is 0.123 e. The zero-order valence-corrected chi connectivity index (χ0v) is 12.7. The first-order valence-electron chi connectivity index (χ1n) is 7.48. The van der Waals surface area contributed by atoms with Crippen LogP contribution >= 0.6 is 0 Å². The minimum Gasteiger partial charge on any atom is -0.487 e. The van der Waals surface area contributed by atoms with Crippen LogP contribution < -0.4 is 10.1 Å². The first kappa shape index (κ1) is 14.1. The summed E-state index contributed by atoms with van der Waals surface area (Å²) in [6.45, 7) is 7.04. The highest BCUT2D eigenvalue weighted by Crippen LogP contribution is 2.35. The van der Waals surface area contributed by atoms with Crippen LogP contribution in [0.4, 0.5) is 0 Å². The second-order valence-electron chi connectivity index (χ2n) is 6.18. The quantitative estimate of drug-likeness (QED) is 0.827. The second-order valence-corrected chi connectivity index (χ2v) is 6.18. The lowest BCUT2D eigenvalue weighted by Gasteiger charge is -2.16. The molecule has 0 aliphatic carbocycles. The van der Waals surface area contributed by atoms with E-state index in [-0.39, 0.29) is 5.60 Å². The van der Waals surface area contributed by atoms with Gasteiger partial charge < -0.3 is 10.1 Å². The van der Waals surface area contributed by atoms with Crippen LogP contribution in [0, 0.1) is 0 Å². The maximum absolute atomic E-state index is 5.90. The van der Waals surface area contributed by atoms with Gasteiger partial charge in [0.1, 0.15) is 11.4 Å². The predicted molar refractivity (Wildman–Crippen MR) is 81.2 cm³/mol. The molecule has 1 aromatic carbocycles. The van der Waals surface area contributed by atoms with Gasteiger partial charge >= 0.3 is 0 Å². The molecular weight excluding hydrogens is 264 g/mol. The molecule has 1 aliphatic rings. The molecule has 0 unspecified atom stereocenters. The van der Waals surface area contributed by atoms with Crippen molar-refractivity contribution in [3.63, 3.8) is 0 Å². The Bertz CT molecular complexity index is 592. The second kappa shape index (κ2) is 5.85. The van der Waals surface area contributed by atoms with Gasteiger partial charge in [0.15, 0.2) is 0 Å². The fourth-order valence-electron chi connectivity index (χ4n) is 2.72. The molecule has 5 heteroatoms. The molecule has 3 rings (SSSR count). The average Bonchev–Trinajstić information content (AvgIpc) is 3.03. The van der Waals surface area contributed by atoms with Gasteiger partial charge in [-0.1, -0.05) is 17.3 Å². The molecule has 0 saturated heterocycles. The molecule has 21 heavy (non-hydrogen) atoms. The lowest BCUT2D eigenvalue weighted by molar-refractivity contribution is 0.138. The largest absolute Gasteiger partial charge is 0.487 e. The zero-order chi connectivity index (χ0) is 14.7. The summed E-state index contributed by atoms with van der Waals surface area (Å²) in [6.07, 6.45) is 5.64. The Morgan fingerprint density at radius 2 is 2.29 bits per heavy atom. The van der Waals surface area contributed by atoms with Gasteiger partial charge in [-0.2, -0.15) is 0 Å². The average molecular weight is 286 g/mol. The lowest BCUT2D eigenvalue weighted by Crippen LogP contribution is -2.24. The van der Waals surface area contributed by atoms with Crippen LogP contribution in [0.5, 0.6) is 5.75 Å². The Morgan fingerprint density at radius 1 is 1.38 bits per heavy atom. The molecule has 0 bridgehead atoms. The minimum atomic E-state index is -0.0633. The van der Waals surface area contributed by atoms with Crippen molar-refractivity contribution in [2.24, 2.45) is 0 Å². The first-order chi connectivity index (χ1) is 10.1. The molecule has 1 N–H and O–H groups in total. The summed E-state index contributed by atoms with van der Waals surface area (Å²) >= 11 is 0. The number of nitrogens with one attached hydrogen (secondary N) is 1. The molecule has 112 valence electrons. The van der Waals surface area contributed by atoms with Crippen molar-refractivity contribution >= 4 is 0 Å². The third-order valence-corrected chi connectivity index (χ3v) is 3.67. The summed E-state index contributed by atoms with van der Waals surface area (Å²) in [5, 5.41) is 11.2. The fourth-order valence-corrected chi connectivity index (χ4v) is 2.72. The summed E-state index contributed by atoms with van der Waals surface area (Å²) in [5.74, 6) is 1.04. The van der Waals surface area contributed by atoms with E-state index in [2.05, 4.69) is 47.7 Å². The van der Waals surface area contributed by atoms with Gasteiger partial charge in [-0.3, -0.25) is 4.68 Å². The maximum Gasteiger partial charge on any atom is 0.123 e. The molecule has 2 aromatic rings. The summed E-state index contributed by atoms with van der Waals surface area (Å²) in [4.78, 5) is 0. The number of aromatic nitrogens is 3. The zero-order valence-electron chi connectivity index (χ0n) is 12.7. The van der Waals surface area contributed by atoms with Gasteiger partial charge in [-0.05, 0) is 44.0 Å². The standard InChI is InChI=1S/C16H22N4O/c1-16(2)11-14-10-13(4-5-15(14)21-16)12-17-6-3-8-20-9-7-18-19-20/h4-5,7,9-10,17H,3,6,8,11-12H2,1-2H3. The van der Waals surface area contributed by atoms with E-state index in [1.54, 1.807) is 6.20 Å². The number of hydrogen-bond donors (Lipinski definition) is 1. The molecule has 0 fully saturated rings. The Balaban J connectivity index is 1.44. The molecule has 0 saturated carbocycles. The van der Waals surface area contributed by atoms with E-state index >= 15 is 0 Å². The van der Waals surface area contributed by atoms with Gasteiger partial charge in [0.2, 0.25) is 0 Å². The van der Waals surface area contributed by atoms with E-state index in [1.807, 2.05) is 10.9 Å². The van der Waals surface area contributed by atoms with Crippen LogP contribution in [-0.2, 0) is 19.5 Å². The topological polar surface area (TPSA) is 52.0 Å². The SMILES string of the molecule is CC1(C)Cc2cc(CNCCCn3ccnn3)ccc2O1. The third-order valence-electron chi connectivity index (χ3n) is 3.67. The summed E-state index contributed by atoms with van der Waals surface area (Å²) in [5.41, 5.74) is 2.57. The number of rotatable bonds is 6. The van der Waals surface area contributed by atoms with Crippen molar-refractivity contribution in [1.82, 2.24) is 20.3 Å². The number of ether oxygens (including phenoxy) is 1. The highest BCUT2D eigenvalue weighted by molar-refractivity contribution is 5.41. The van der Waals surface area contributed by atoms with E-state index in [0.29, 0.717) is 0 Å². The molecule has 0 radical (unpaired) electrons. The van der Waals surface area contributed by atoms with Gasteiger partial charge in [-0.15, -0.1) is 5.10 Å². The number of fused-ring (bicyclic) bond motifs is 1. The Hall–Kier alpha value is -1.88. The molecule has 0 atom stereocenters. The maximum atomic E-state index is 5.90. The van der Waals surface area contributed by atoms with Crippen molar-refractivity contribution < 1.29 is 4.74 Å². The van der Waals surface area contributed by atoms with Crippen molar-refractivity contribution in [3.05, 3.63) is 41.7 Å². The van der Waals surface area contributed by atoms with E-state index in [9.17, 15) is 0 Å². The van der Waals surface area contributed by atoms with Crippen LogP contribution in [-0.4, -0.2) is 27.1 Å². The minimum absolute atomic E-state index is 0.0633. The molecule has 0 amide bonds. The van der Waals surface area contributed by atoms with Crippen LogP contribution in [0.25, 0.3) is 0 Å². The molecule has 5 nitrogen and oxygen atoms in total. The van der Waals surface area contributed by atoms with Crippen LogP contribution in [0.15, 0.2) is 30.6 Å². The van der Waals surface area contributed by atoms with Crippen LogP contribution in [0.3, 0.4) is 0 Å². The van der Waals surface area contributed by atoms with E-state index in [1.165, 1.54) is 11.1 Å². The summed E-state index contributed by atoms with van der Waals surface area (Å²) in [7, 11) is 0. The molecule has 1 aliphatic heterocycles. The van der Waals surface area contributed by atoms with Crippen molar-refractivity contribution in [3.8, 4) is 5.75 Å². The van der Waals surface area contributed by atoms with E-state index in [4.69, 9.17) is 4.74 Å². The number of aryl methyl sites for hydroxylation is 1. The number of hydrogen-bond acceptors (Lipinski definition) is 4. The molecule has 0 spiro atoms. The Morgan fingerprint density at radius 3 is 3.10 bits per heavy atom. The van der Waals surface area contributed by atoms with Gasteiger partial charge in [0.25, 0.3) is 0 Å². The summed E-state index contributed by atoms with van der Waals surface area (Å²) < 4.78 is 7.76. The number of benzene rings is 1.